The summed E-state index contributed by atoms with van der Waals surface area (Å²) >= 11 is 1.66. The van der Waals surface area contributed by atoms with Crippen molar-refractivity contribution in [1.82, 2.24) is 5.32 Å². The number of carboxylic acid groups (broad SMARTS) is 1. The molecule has 0 heterocycles. The molecular weight excluding hydrogens is 198 g/mol. The summed E-state index contributed by atoms with van der Waals surface area (Å²) in [6, 6.07) is -0.382. The number of rotatable bonds is 5. The Morgan fingerprint density at radius 2 is 2.17 bits per heavy atom. The molecule has 0 bridgehead atoms. The highest BCUT2D eigenvalue weighted by Gasteiger charge is 2.12. The van der Waals surface area contributed by atoms with Gasteiger partial charge in [-0.3, -0.25) is 4.79 Å². The fourth-order valence-electron chi connectivity index (χ4n) is 0.627. The first-order chi connectivity index (χ1) is 4.72. The molecule has 12 heavy (non-hydrogen) atoms. The van der Waals surface area contributed by atoms with Crippen molar-refractivity contribution in [2.24, 2.45) is 0 Å². The summed E-state index contributed by atoms with van der Waals surface area (Å²) in [7, 11) is 1.67. The van der Waals surface area contributed by atoms with E-state index in [-0.39, 0.29) is 25.0 Å². The number of hydrogen-bond acceptors (Lipinski definition) is 3. The lowest BCUT2D eigenvalue weighted by molar-refractivity contribution is -0.139. The van der Waals surface area contributed by atoms with Gasteiger partial charge in [-0.2, -0.15) is 25.3 Å². The van der Waals surface area contributed by atoms with Crippen molar-refractivity contribution in [1.29, 1.82) is 0 Å². The predicted octanol–water partition coefficient (Wildman–Crippen LogP) is -0.300. The molecule has 0 aromatic heterocycles. The van der Waals surface area contributed by atoms with Crippen molar-refractivity contribution in [3.8, 4) is 0 Å². The fourth-order valence-corrected chi connectivity index (χ4v) is 1.10. The van der Waals surface area contributed by atoms with Crippen LogP contribution in [0, 0.1) is 0 Å². The molecule has 0 fully saturated rings. The second-order valence-corrected chi connectivity index (χ2v) is 2.95. The maximum atomic E-state index is 10.4. The molecule has 0 aliphatic carbocycles. The zero-order valence-corrected chi connectivity index (χ0v) is 9.07. The molecule has 0 aliphatic heterocycles. The zero-order valence-electron chi connectivity index (χ0n) is 7.26. The lowest BCUT2D eigenvalue weighted by Gasteiger charge is -2.08. The number of likely N-dealkylation sites (N-methyl/N-ethyl adjacent to an activating group) is 1. The Morgan fingerprint density at radius 3 is 2.42 bits per heavy atom. The largest absolute Gasteiger partial charge is 0.480 e. The van der Waals surface area contributed by atoms with Gasteiger partial charge < -0.3 is 15.9 Å². The molecule has 0 rings (SSSR count). The molecule has 0 amide bonds. The number of nitrogens with one attached hydrogen (secondary N) is 1. The van der Waals surface area contributed by atoms with Crippen LogP contribution in [0.4, 0.5) is 0 Å². The van der Waals surface area contributed by atoms with Crippen LogP contribution < -0.4 is 5.32 Å². The molecule has 76 valence electrons. The summed E-state index contributed by atoms with van der Waals surface area (Å²) in [4.78, 5) is 10.4. The average Bonchev–Trinajstić information content (AvgIpc) is 1.89. The van der Waals surface area contributed by atoms with Crippen LogP contribution >= 0.6 is 25.3 Å². The van der Waals surface area contributed by atoms with Crippen LogP contribution in [-0.4, -0.2) is 41.7 Å². The van der Waals surface area contributed by atoms with Gasteiger partial charge in [0.15, 0.2) is 0 Å². The molecule has 4 N–H and O–H groups in total. The molecule has 0 saturated heterocycles. The first kappa shape index (κ1) is 18.0. The average molecular weight is 215 g/mol. The van der Waals surface area contributed by atoms with Crippen LogP contribution in [-0.2, 0) is 4.79 Å². The Balaban J connectivity index is -0.000000405. The van der Waals surface area contributed by atoms with Gasteiger partial charge in [0, 0.05) is 0 Å². The molecule has 0 saturated carbocycles. The summed E-state index contributed by atoms with van der Waals surface area (Å²) in [5, 5.41) is 11.3. The van der Waals surface area contributed by atoms with Crippen LogP contribution in [0.3, 0.4) is 0 Å². The molecule has 4 nitrogen and oxygen atoms in total. The highest BCUT2D eigenvalue weighted by Crippen LogP contribution is 1.99. The molecule has 1 atom stereocenters. The molecule has 0 aliphatic rings. The summed E-state index contributed by atoms with van der Waals surface area (Å²) in [5.74, 6) is 0.120. The van der Waals surface area contributed by atoms with Crippen molar-refractivity contribution >= 4 is 31.2 Å². The summed E-state index contributed by atoms with van der Waals surface area (Å²) < 4.78 is 0. The standard InChI is InChI=1S/C6H13NO2S.H2O.H2S/c1-7-5(6(8)9)3-4-10-2;;/h5,7H,3-4H2,1-2H3,(H,8,9);2*1H2. The topological polar surface area (TPSA) is 80.8 Å². The van der Waals surface area contributed by atoms with Crippen molar-refractivity contribution in [2.75, 3.05) is 19.1 Å². The minimum Gasteiger partial charge on any atom is -0.480 e. The molecule has 0 spiro atoms. The molecule has 1 unspecified atom stereocenters. The molecule has 6 heteroatoms. The zero-order chi connectivity index (χ0) is 7.98. The Hall–Kier alpha value is 0.0900. The highest BCUT2D eigenvalue weighted by atomic mass is 32.2. The number of carboxylic acids is 1. The SMILES string of the molecule is CNC(CCSC)C(=O)O.O.S. The second kappa shape index (κ2) is 11.1. The normalized spacial score (nSPS) is 10.8. The number of hydrogen-bond donors (Lipinski definition) is 2. The first-order valence-electron chi connectivity index (χ1n) is 3.11. The van der Waals surface area contributed by atoms with Gasteiger partial charge in [0.1, 0.15) is 6.04 Å². The lowest BCUT2D eigenvalue weighted by Crippen LogP contribution is -2.34. The third-order valence-corrected chi connectivity index (χ3v) is 1.90. The van der Waals surface area contributed by atoms with Gasteiger partial charge in [-0.25, -0.2) is 0 Å². The second-order valence-electron chi connectivity index (χ2n) is 1.96. The van der Waals surface area contributed by atoms with Crippen molar-refractivity contribution in [3.05, 3.63) is 0 Å². The smallest absolute Gasteiger partial charge is 0.320 e. The van der Waals surface area contributed by atoms with E-state index < -0.39 is 5.97 Å². The molecule has 0 radical (unpaired) electrons. The molecule has 0 aromatic carbocycles. The first-order valence-corrected chi connectivity index (χ1v) is 4.50. The minimum absolute atomic E-state index is 0. The van der Waals surface area contributed by atoms with Gasteiger partial charge in [0.25, 0.3) is 0 Å². The Morgan fingerprint density at radius 1 is 1.67 bits per heavy atom. The summed E-state index contributed by atoms with van der Waals surface area (Å²) in [5.41, 5.74) is 0. The van der Waals surface area contributed by atoms with E-state index in [2.05, 4.69) is 5.32 Å². The van der Waals surface area contributed by atoms with Crippen LogP contribution in [0.2, 0.25) is 0 Å². The van der Waals surface area contributed by atoms with E-state index in [0.29, 0.717) is 6.42 Å². The van der Waals surface area contributed by atoms with Gasteiger partial charge in [0.2, 0.25) is 0 Å². The van der Waals surface area contributed by atoms with Gasteiger partial charge in [-0.15, -0.1) is 0 Å². The van der Waals surface area contributed by atoms with Crippen LogP contribution in [0.5, 0.6) is 0 Å². The van der Waals surface area contributed by atoms with E-state index in [1.165, 1.54) is 0 Å². The van der Waals surface area contributed by atoms with Gasteiger partial charge in [0.05, 0.1) is 0 Å². The van der Waals surface area contributed by atoms with E-state index >= 15 is 0 Å². The highest BCUT2D eigenvalue weighted by molar-refractivity contribution is 7.98. The van der Waals surface area contributed by atoms with E-state index in [1.807, 2.05) is 6.26 Å². The summed E-state index contributed by atoms with van der Waals surface area (Å²) in [6.07, 6.45) is 2.65. The maximum absolute atomic E-state index is 10.4. The number of thioether (sulfide) groups is 1. The van der Waals surface area contributed by atoms with Gasteiger partial charge >= 0.3 is 5.97 Å². The monoisotopic (exact) mass is 215 g/mol. The summed E-state index contributed by atoms with van der Waals surface area (Å²) in [6.45, 7) is 0. The third-order valence-electron chi connectivity index (χ3n) is 1.26. The Kier molecular flexibility index (Phi) is 16.6. The minimum atomic E-state index is -0.767. The molecular formula is C6H17NO3S2. The number of carbonyl (C=O) groups is 1. The Bertz CT molecular complexity index is 113. The quantitative estimate of drug-likeness (QED) is 0.660. The van der Waals surface area contributed by atoms with Crippen molar-refractivity contribution in [2.45, 2.75) is 12.5 Å². The molecule has 0 aromatic rings. The predicted molar refractivity (Wildman–Crippen MR) is 57.5 cm³/mol. The lowest BCUT2D eigenvalue weighted by atomic mass is 10.2. The third kappa shape index (κ3) is 8.19. The van der Waals surface area contributed by atoms with Crippen molar-refractivity contribution < 1.29 is 15.4 Å². The number of aliphatic carboxylic acids is 1. The van der Waals surface area contributed by atoms with Gasteiger partial charge in [-0.05, 0) is 25.5 Å². The fraction of sp³-hybridized carbons (Fsp3) is 0.833. The Labute approximate surface area is 83.9 Å². The van der Waals surface area contributed by atoms with Crippen LogP contribution in [0.25, 0.3) is 0 Å². The van der Waals surface area contributed by atoms with Crippen molar-refractivity contribution in [3.63, 3.8) is 0 Å². The van der Waals surface area contributed by atoms with E-state index in [4.69, 9.17) is 5.11 Å². The maximum Gasteiger partial charge on any atom is 0.320 e. The van der Waals surface area contributed by atoms with Gasteiger partial charge in [-0.1, -0.05) is 0 Å². The van der Waals surface area contributed by atoms with E-state index in [0.717, 1.165) is 5.75 Å². The van der Waals surface area contributed by atoms with E-state index in [1.54, 1.807) is 18.8 Å². The van der Waals surface area contributed by atoms with Crippen LogP contribution in [0.15, 0.2) is 0 Å². The van der Waals surface area contributed by atoms with Crippen LogP contribution in [0.1, 0.15) is 6.42 Å². The van der Waals surface area contributed by atoms with E-state index in [9.17, 15) is 4.79 Å².